The van der Waals surface area contributed by atoms with Crippen molar-refractivity contribution in [2.45, 2.75) is 32.6 Å². The molecule has 0 radical (unpaired) electrons. The van der Waals surface area contributed by atoms with Gasteiger partial charge >= 0.3 is 0 Å². The van der Waals surface area contributed by atoms with Gasteiger partial charge in [0, 0.05) is 12.3 Å². The fraction of sp³-hybridized carbons (Fsp3) is 0.667. The molecule has 1 unspecified atom stereocenters. The van der Waals surface area contributed by atoms with Gasteiger partial charge in [-0.1, -0.05) is 31.9 Å². The van der Waals surface area contributed by atoms with Gasteiger partial charge in [0.15, 0.2) is 0 Å². The summed E-state index contributed by atoms with van der Waals surface area (Å²) < 4.78 is 0. The monoisotopic (exact) mass is 138 g/mol. The predicted molar refractivity (Wildman–Crippen MR) is 41.8 cm³/mol. The molecule has 1 nitrogen and oxygen atoms in total. The van der Waals surface area contributed by atoms with Gasteiger partial charge in [0.2, 0.25) is 0 Å². The highest BCUT2D eigenvalue weighted by Gasteiger charge is 2.17. The molecular formula is C9H14O. The Morgan fingerprint density at radius 1 is 1.70 bits per heavy atom. The van der Waals surface area contributed by atoms with Crippen LogP contribution in [0.5, 0.6) is 0 Å². The largest absolute Gasteiger partial charge is 0.299 e. The number of hydrogen-bond donors (Lipinski definition) is 0. The van der Waals surface area contributed by atoms with Crippen LogP contribution >= 0.6 is 0 Å². The molecule has 1 aliphatic carbocycles. The number of allylic oxidation sites excluding steroid dienone is 2. The summed E-state index contributed by atoms with van der Waals surface area (Å²) >= 11 is 0. The van der Waals surface area contributed by atoms with Crippen molar-refractivity contribution in [1.29, 1.82) is 0 Å². The number of carbonyl (C=O) groups is 1. The number of unbranched alkanes of at least 4 members (excludes halogenated alkanes) is 1. The molecule has 0 aromatic rings. The van der Waals surface area contributed by atoms with Gasteiger partial charge in [0.1, 0.15) is 5.78 Å². The summed E-state index contributed by atoms with van der Waals surface area (Å²) in [5.41, 5.74) is 0. The van der Waals surface area contributed by atoms with E-state index < -0.39 is 0 Å². The van der Waals surface area contributed by atoms with Crippen LogP contribution in [0.25, 0.3) is 0 Å². The Bertz CT molecular complexity index is 147. The Hall–Kier alpha value is -0.590. The van der Waals surface area contributed by atoms with Crippen LogP contribution in [0, 0.1) is 5.92 Å². The molecule has 0 bridgehead atoms. The van der Waals surface area contributed by atoms with Crippen molar-refractivity contribution in [1.82, 2.24) is 0 Å². The summed E-state index contributed by atoms with van der Waals surface area (Å²) in [6.45, 7) is 2.16. The zero-order valence-electron chi connectivity index (χ0n) is 6.47. The molecule has 0 amide bonds. The summed E-state index contributed by atoms with van der Waals surface area (Å²) in [5, 5.41) is 0. The topological polar surface area (TPSA) is 17.1 Å². The SMILES string of the molecule is CCCCC1C=CCC1=O. The van der Waals surface area contributed by atoms with E-state index in [0.29, 0.717) is 12.2 Å². The molecule has 1 aliphatic rings. The molecule has 0 aliphatic heterocycles. The fourth-order valence-corrected chi connectivity index (χ4v) is 1.29. The van der Waals surface area contributed by atoms with E-state index in [9.17, 15) is 4.79 Å². The summed E-state index contributed by atoms with van der Waals surface area (Å²) in [4.78, 5) is 11.0. The Balaban J connectivity index is 2.27. The molecular weight excluding hydrogens is 124 g/mol. The van der Waals surface area contributed by atoms with E-state index in [1.807, 2.05) is 6.08 Å². The maximum Gasteiger partial charge on any atom is 0.143 e. The standard InChI is InChI=1S/C9H14O/c1-2-3-5-8-6-4-7-9(8)10/h4,6,8H,2-3,5,7H2,1H3. The molecule has 0 spiro atoms. The third-order valence-corrected chi connectivity index (χ3v) is 1.97. The highest BCUT2D eigenvalue weighted by molar-refractivity contribution is 5.86. The molecule has 0 saturated heterocycles. The second kappa shape index (κ2) is 3.55. The maximum atomic E-state index is 11.0. The molecule has 0 saturated carbocycles. The second-order valence-corrected chi connectivity index (χ2v) is 2.85. The Morgan fingerprint density at radius 2 is 2.50 bits per heavy atom. The van der Waals surface area contributed by atoms with Gasteiger partial charge in [0.05, 0.1) is 0 Å². The molecule has 0 aromatic carbocycles. The maximum absolute atomic E-state index is 11.0. The number of ketones is 1. The van der Waals surface area contributed by atoms with Gasteiger partial charge < -0.3 is 0 Å². The third kappa shape index (κ3) is 1.69. The number of rotatable bonds is 3. The van der Waals surface area contributed by atoms with Crippen molar-refractivity contribution >= 4 is 5.78 Å². The lowest BCUT2D eigenvalue weighted by atomic mass is 10.0. The minimum atomic E-state index is 0.264. The Kier molecular flexibility index (Phi) is 2.67. The van der Waals surface area contributed by atoms with Crippen LogP contribution in [-0.2, 0) is 4.79 Å². The van der Waals surface area contributed by atoms with E-state index >= 15 is 0 Å². The number of carbonyl (C=O) groups excluding carboxylic acids is 1. The van der Waals surface area contributed by atoms with E-state index in [1.54, 1.807) is 0 Å². The quantitative estimate of drug-likeness (QED) is 0.547. The molecule has 56 valence electrons. The van der Waals surface area contributed by atoms with Crippen molar-refractivity contribution < 1.29 is 4.79 Å². The first kappa shape index (κ1) is 7.52. The first-order valence-electron chi connectivity index (χ1n) is 4.04. The average molecular weight is 138 g/mol. The molecule has 0 aromatic heterocycles. The number of hydrogen-bond acceptors (Lipinski definition) is 1. The van der Waals surface area contributed by atoms with Crippen LogP contribution < -0.4 is 0 Å². The molecule has 0 fully saturated rings. The highest BCUT2D eigenvalue weighted by Crippen LogP contribution is 2.18. The van der Waals surface area contributed by atoms with Gasteiger partial charge in [-0.2, -0.15) is 0 Å². The first-order chi connectivity index (χ1) is 4.84. The normalized spacial score (nSPS) is 24.1. The zero-order chi connectivity index (χ0) is 7.40. The van der Waals surface area contributed by atoms with E-state index in [2.05, 4.69) is 13.0 Å². The van der Waals surface area contributed by atoms with Crippen LogP contribution in [0.2, 0.25) is 0 Å². The molecule has 0 heterocycles. The Morgan fingerprint density at radius 3 is 3.00 bits per heavy atom. The summed E-state index contributed by atoms with van der Waals surface area (Å²) in [5.74, 6) is 0.674. The lowest BCUT2D eigenvalue weighted by Crippen LogP contribution is -2.05. The molecule has 1 heteroatoms. The van der Waals surface area contributed by atoms with E-state index in [4.69, 9.17) is 0 Å². The number of Topliss-reactive ketones (excluding diaryl/α,β-unsaturated/α-hetero) is 1. The van der Waals surface area contributed by atoms with Crippen molar-refractivity contribution in [3.05, 3.63) is 12.2 Å². The van der Waals surface area contributed by atoms with E-state index in [0.717, 1.165) is 6.42 Å². The highest BCUT2D eigenvalue weighted by atomic mass is 16.1. The Labute approximate surface area is 62.1 Å². The molecule has 1 rings (SSSR count). The molecule has 1 atom stereocenters. The molecule has 0 N–H and O–H groups in total. The minimum absolute atomic E-state index is 0.264. The van der Waals surface area contributed by atoms with Crippen LogP contribution in [-0.4, -0.2) is 5.78 Å². The summed E-state index contributed by atoms with van der Waals surface area (Å²) in [6.07, 6.45) is 8.15. The van der Waals surface area contributed by atoms with Gasteiger partial charge in [-0.25, -0.2) is 0 Å². The van der Waals surface area contributed by atoms with Gasteiger partial charge in [-0.05, 0) is 6.42 Å². The molecule has 10 heavy (non-hydrogen) atoms. The first-order valence-corrected chi connectivity index (χ1v) is 4.04. The van der Waals surface area contributed by atoms with Crippen LogP contribution in [0.15, 0.2) is 12.2 Å². The fourth-order valence-electron chi connectivity index (χ4n) is 1.29. The lowest BCUT2D eigenvalue weighted by molar-refractivity contribution is -0.120. The van der Waals surface area contributed by atoms with Crippen molar-refractivity contribution in [2.24, 2.45) is 5.92 Å². The smallest absolute Gasteiger partial charge is 0.143 e. The predicted octanol–water partition coefficient (Wildman–Crippen LogP) is 2.32. The van der Waals surface area contributed by atoms with E-state index in [1.165, 1.54) is 12.8 Å². The van der Waals surface area contributed by atoms with Crippen molar-refractivity contribution in [3.8, 4) is 0 Å². The van der Waals surface area contributed by atoms with Crippen molar-refractivity contribution in [3.63, 3.8) is 0 Å². The average Bonchev–Trinajstić information content (AvgIpc) is 2.31. The van der Waals surface area contributed by atoms with Crippen LogP contribution in [0.1, 0.15) is 32.6 Å². The lowest BCUT2D eigenvalue weighted by Gasteiger charge is -2.02. The summed E-state index contributed by atoms with van der Waals surface area (Å²) in [6, 6.07) is 0. The van der Waals surface area contributed by atoms with Crippen LogP contribution in [0.4, 0.5) is 0 Å². The zero-order valence-corrected chi connectivity index (χ0v) is 6.47. The second-order valence-electron chi connectivity index (χ2n) is 2.85. The van der Waals surface area contributed by atoms with Crippen molar-refractivity contribution in [2.75, 3.05) is 0 Å². The van der Waals surface area contributed by atoms with Crippen LogP contribution in [0.3, 0.4) is 0 Å². The van der Waals surface area contributed by atoms with Gasteiger partial charge in [-0.15, -0.1) is 0 Å². The van der Waals surface area contributed by atoms with E-state index in [-0.39, 0.29) is 5.92 Å². The summed E-state index contributed by atoms with van der Waals surface area (Å²) in [7, 11) is 0. The third-order valence-electron chi connectivity index (χ3n) is 1.97. The van der Waals surface area contributed by atoms with Gasteiger partial charge in [0.25, 0.3) is 0 Å². The minimum Gasteiger partial charge on any atom is -0.299 e. The van der Waals surface area contributed by atoms with Gasteiger partial charge in [-0.3, -0.25) is 4.79 Å².